The first-order chi connectivity index (χ1) is 8.87. The van der Waals surface area contributed by atoms with Crippen molar-refractivity contribution in [2.24, 2.45) is 5.92 Å². The first-order valence-electron chi connectivity index (χ1n) is 7.10. The van der Waals surface area contributed by atoms with Gasteiger partial charge >= 0.3 is 0 Å². The second kappa shape index (κ2) is 5.72. The molecule has 1 aliphatic carbocycles. The summed E-state index contributed by atoms with van der Waals surface area (Å²) in [6, 6.07) is 6.20. The fourth-order valence-electron chi connectivity index (χ4n) is 2.22. The van der Waals surface area contributed by atoms with Crippen molar-refractivity contribution in [3.8, 4) is 0 Å². The molecule has 1 aromatic rings. The average Bonchev–Trinajstić information content (AvgIpc) is 3.09. The number of rotatable bonds is 5. The average molecular weight is 281 g/mol. The van der Waals surface area contributed by atoms with Crippen LogP contribution in [0.25, 0.3) is 0 Å². The molecule has 0 aromatic heterocycles. The van der Waals surface area contributed by atoms with Gasteiger partial charge in [0.2, 0.25) is 0 Å². The third-order valence-corrected chi connectivity index (χ3v) is 3.88. The molecule has 0 atom stereocenters. The molecule has 0 spiro atoms. The van der Waals surface area contributed by atoms with Crippen molar-refractivity contribution in [3.05, 3.63) is 28.8 Å². The van der Waals surface area contributed by atoms with Gasteiger partial charge in [0.1, 0.15) is 0 Å². The van der Waals surface area contributed by atoms with E-state index in [1.54, 1.807) is 0 Å². The maximum Gasteiger partial charge on any atom is 0.0471 e. The number of nitrogens with zero attached hydrogens (tertiary/aromatic N) is 1. The number of halogens is 1. The van der Waals surface area contributed by atoms with E-state index >= 15 is 0 Å². The molecule has 0 unspecified atom stereocenters. The smallest absolute Gasteiger partial charge is 0.0471 e. The summed E-state index contributed by atoms with van der Waals surface area (Å²) in [5.41, 5.74) is 2.57. The van der Waals surface area contributed by atoms with Crippen LogP contribution in [0.15, 0.2) is 18.2 Å². The van der Waals surface area contributed by atoms with Crippen LogP contribution in [-0.2, 0) is 6.54 Å². The molecule has 19 heavy (non-hydrogen) atoms. The standard InChI is InChI=1S/C16H25ClN2/c1-16(2,3)18-10-13-14(17)6-5-7-15(13)19(4)11-12-8-9-12/h5-7,12,18H,8-11H2,1-4H3. The summed E-state index contributed by atoms with van der Waals surface area (Å²) in [5, 5.41) is 4.39. The molecule has 1 aromatic carbocycles. The minimum absolute atomic E-state index is 0.103. The molecular weight excluding hydrogens is 256 g/mol. The number of benzene rings is 1. The predicted octanol–water partition coefficient (Wildman–Crippen LogP) is 4.07. The molecule has 0 bridgehead atoms. The fourth-order valence-corrected chi connectivity index (χ4v) is 2.46. The summed E-state index contributed by atoms with van der Waals surface area (Å²) in [4.78, 5) is 2.35. The Balaban J connectivity index is 2.14. The van der Waals surface area contributed by atoms with Crippen molar-refractivity contribution in [3.63, 3.8) is 0 Å². The highest BCUT2D eigenvalue weighted by molar-refractivity contribution is 6.31. The molecule has 0 radical (unpaired) electrons. The lowest BCUT2D eigenvalue weighted by atomic mass is 10.1. The van der Waals surface area contributed by atoms with Gasteiger partial charge in [-0.3, -0.25) is 0 Å². The molecule has 2 nitrogen and oxygen atoms in total. The van der Waals surface area contributed by atoms with Crippen LogP contribution in [0.4, 0.5) is 5.69 Å². The van der Waals surface area contributed by atoms with Crippen LogP contribution in [-0.4, -0.2) is 19.1 Å². The first kappa shape index (κ1) is 14.7. The van der Waals surface area contributed by atoms with Crippen molar-refractivity contribution >= 4 is 17.3 Å². The van der Waals surface area contributed by atoms with Crippen molar-refractivity contribution < 1.29 is 0 Å². The maximum atomic E-state index is 6.39. The van der Waals surface area contributed by atoms with Gasteiger partial charge in [0.05, 0.1) is 0 Å². The zero-order valence-corrected chi connectivity index (χ0v) is 13.2. The van der Waals surface area contributed by atoms with Crippen LogP contribution in [0, 0.1) is 5.92 Å². The van der Waals surface area contributed by atoms with Gasteiger partial charge in [-0.1, -0.05) is 17.7 Å². The highest BCUT2D eigenvalue weighted by Gasteiger charge is 2.24. The van der Waals surface area contributed by atoms with Gasteiger partial charge < -0.3 is 10.2 Å². The van der Waals surface area contributed by atoms with E-state index in [1.165, 1.54) is 24.1 Å². The van der Waals surface area contributed by atoms with E-state index in [9.17, 15) is 0 Å². The van der Waals surface area contributed by atoms with Crippen LogP contribution in [0.3, 0.4) is 0 Å². The second-order valence-electron chi connectivity index (χ2n) is 6.66. The summed E-state index contributed by atoms with van der Waals surface area (Å²) in [5.74, 6) is 0.882. The first-order valence-corrected chi connectivity index (χ1v) is 7.48. The van der Waals surface area contributed by atoms with Crippen molar-refractivity contribution in [1.29, 1.82) is 0 Å². The molecule has 1 N–H and O–H groups in total. The Labute approximate surface area is 122 Å². The molecule has 3 heteroatoms. The number of anilines is 1. The van der Waals surface area contributed by atoms with E-state index < -0.39 is 0 Å². The molecule has 2 rings (SSSR count). The van der Waals surface area contributed by atoms with Crippen LogP contribution in [0.2, 0.25) is 5.02 Å². The minimum atomic E-state index is 0.103. The Morgan fingerprint density at radius 2 is 2.00 bits per heavy atom. The van der Waals surface area contributed by atoms with E-state index in [4.69, 9.17) is 11.6 Å². The lowest BCUT2D eigenvalue weighted by Gasteiger charge is -2.26. The van der Waals surface area contributed by atoms with E-state index in [0.29, 0.717) is 0 Å². The second-order valence-corrected chi connectivity index (χ2v) is 7.07. The topological polar surface area (TPSA) is 15.3 Å². The van der Waals surface area contributed by atoms with Crippen LogP contribution in [0.1, 0.15) is 39.2 Å². The van der Waals surface area contributed by atoms with E-state index in [0.717, 1.165) is 24.0 Å². The van der Waals surface area contributed by atoms with E-state index in [1.807, 2.05) is 12.1 Å². The number of nitrogens with one attached hydrogen (secondary N) is 1. The van der Waals surface area contributed by atoms with Gasteiger partial charge in [-0.05, 0) is 51.7 Å². The molecule has 0 amide bonds. The van der Waals surface area contributed by atoms with Gasteiger partial charge in [-0.15, -0.1) is 0 Å². The van der Waals surface area contributed by atoms with Crippen LogP contribution in [0.5, 0.6) is 0 Å². The summed E-state index contributed by atoms with van der Waals surface area (Å²) in [6.07, 6.45) is 2.75. The Hall–Kier alpha value is -0.730. The Morgan fingerprint density at radius 3 is 2.58 bits per heavy atom. The van der Waals surface area contributed by atoms with Crippen LogP contribution >= 0.6 is 11.6 Å². The fraction of sp³-hybridized carbons (Fsp3) is 0.625. The molecule has 1 saturated carbocycles. The number of hydrogen-bond acceptors (Lipinski definition) is 2. The van der Waals surface area contributed by atoms with Crippen LogP contribution < -0.4 is 10.2 Å². The maximum absolute atomic E-state index is 6.39. The van der Waals surface area contributed by atoms with Gasteiger partial charge in [-0.25, -0.2) is 0 Å². The minimum Gasteiger partial charge on any atom is -0.374 e. The predicted molar refractivity (Wildman–Crippen MR) is 84.0 cm³/mol. The monoisotopic (exact) mass is 280 g/mol. The number of hydrogen-bond donors (Lipinski definition) is 1. The van der Waals surface area contributed by atoms with E-state index in [2.05, 4.69) is 44.1 Å². The summed E-state index contributed by atoms with van der Waals surface area (Å²) in [6.45, 7) is 8.49. The molecular formula is C16H25ClN2. The largest absolute Gasteiger partial charge is 0.374 e. The van der Waals surface area contributed by atoms with Gasteiger partial charge in [0, 0.05) is 41.9 Å². The third-order valence-electron chi connectivity index (χ3n) is 3.53. The lowest BCUT2D eigenvalue weighted by Crippen LogP contribution is -2.35. The Bertz CT molecular complexity index is 433. The highest BCUT2D eigenvalue weighted by atomic mass is 35.5. The van der Waals surface area contributed by atoms with Crippen molar-refractivity contribution in [2.45, 2.75) is 45.7 Å². The van der Waals surface area contributed by atoms with E-state index in [-0.39, 0.29) is 5.54 Å². The zero-order chi connectivity index (χ0) is 14.0. The normalized spacial score (nSPS) is 15.6. The lowest BCUT2D eigenvalue weighted by molar-refractivity contribution is 0.424. The summed E-state index contributed by atoms with van der Waals surface area (Å²) in [7, 11) is 2.17. The molecule has 1 aliphatic rings. The van der Waals surface area contributed by atoms with Gasteiger partial charge in [0.15, 0.2) is 0 Å². The highest BCUT2D eigenvalue weighted by Crippen LogP contribution is 2.33. The summed E-state index contributed by atoms with van der Waals surface area (Å²) < 4.78 is 0. The molecule has 0 aliphatic heterocycles. The molecule has 0 saturated heterocycles. The van der Waals surface area contributed by atoms with Gasteiger partial charge in [0.25, 0.3) is 0 Å². The third kappa shape index (κ3) is 4.39. The molecule has 1 fully saturated rings. The van der Waals surface area contributed by atoms with Crippen molar-refractivity contribution in [2.75, 3.05) is 18.5 Å². The quantitative estimate of drug-likeness (QED) is 0.874. The molecule has 0 heterocycles. The SMILES string of the molecule is CN(CC1CC1)c1cccc(Cl)c1CNC(C)(C)C. The molecule has 106 valence electrons. The zero-order valence-electron chi connectivity index (χ0n) is 12.5. The van der Waals surface area contributed by atoms with Gasteiger partial charge in [-0.2, -0.15) is 0 Å². The van der Waals surface area contributed by atoms with Crippen molar-refractivity contribution in [1.82, 2.24) is 5.32 Å². The Morgan fingerprint density at radius 1 is 1.32 bits per heavy atom. The Kier molecular flexibility index (Phi) is 4.42. The summed E-state index contributed by atoms with van der Waals surface area (Å²) >= 11 is 6.39.